The maximum atomic E-state index is 14.3. The SMILES string of the molecule is CCCCCCCCCCC[C@](CCCCCCCCCCC(=O)OCc1ccccc1)(C(=O)NCCOCCOCCOCCOCCOCCOCCOCCOCCOCCOCCOCCOCCC(=O)ON1C(=O)CCC1=O)C(=O)OCc1ccccc1. The predicted molar refractivity (Wildman–Crippen MR) is 348 cm³/mol. The zero-order chi connectivity index (χ0) is 66.4. The largest absolute Gasteiger partial charge is 0.461 e. The Labute approximate surface area is 554 Å². The second-order valence-corrected chi connectivity index (χ2v) is 22.6. The second kappa shape index (κ2) is 59.5. The van der Waals surface area contributed by atoms with Crippen molar-refractivity contribution in [3.63, 3.8) is 0 Å². The van der Waals surface area contributed by atoms with E-state index in [0.29, 0.717) is 170 Å². The number of hydrogen-bond donors (Lipinski definition) is 1. The summed E-state index contributed by atoms with van der Waals surface area (Å²) in [5.74, 6) is -2.65. The summed E-state index contributed by atoms with van der Waals surface area (Å²) in [5.41, 5.74) is 0.572. The molecule has 530 valence electrons. The monoisotopic (exact) mass is 1320 g/mol. The van der Waals surface area contributed by atoms with Crippen LogP contribution in [0.25, 0.3) is 0 Å². The number of nitrogens with zero attached hydrogens (tertiary/aromatic N) is 1. The lowest BCUT2D eigenvalue weighted by atomic mass is 9.76. The Balaban J connectivity index is 1.13. The molecule has 3 amide bonds. The van der Waals surface area contributed by atoms with E-state index in [9.17, 15) is 28.8 Å². The van der Waals surface area contributed by atoms with Crippen molar-refractivity contribution in [2.45, 2.75) is 168 Å². The first-order valence-electron chi connectivity index (χ1n) is 34.4. The molecule has 0 aliphatic carbocycles. The van der Waals surface area contributed by atoms with Crippen molar-refractivity contribution in [1.29, 1.82) is 0 Å². The first-order valence-corrected chi connectivity index (χ1v) is 34.4. The first kappa shape index (κ1) is 82.2. The highest BCUT2D eigenvalue weighted by atomic mass is 16.7. The van der Waals surface area contributed by atoms with Crippen molar-refractivity contribution in [1.82, 2.24) is 10.4 Å². The van der Waals surface area contributed by atoms with Gasteiger partial charge in [-0.05, 0) is 30.4 Å². The van der Waals surface area contributed by atoms with E-state index in [-0.39, 0.29) is 64.1 Å². The number of hydroxylamine groups is 2. The summed E-state index contributed by atoms with van der Waals surface area (Å²) in [6, 6.07) is 19.3. The van der Waals surface area contributed by atoms with Gasteiger partial charge >= 0.3 is 17.9 Å². The van der Waals surface area contributed by atoms with Crippen molar-refractivity contribution in [2.24, 2.45) is 5.41 Å². The second-order valence-electron chi connectivity index (χ2n) is 22.6. The van der Waals surface area contributed by atoms with Crippen LogP contribution in [0.1, 0.15) is 166 Å². The van der Waals surface area contributed by atoms with Crippen molar-refractivity contribution >= 4 is 35.6 Å². The topological polar surface area (TPSA) is 256 Å². The molecule has 0 saturated carbocycles. The summed E-state index contributed by atoms with van der Waals surface area (Å²) >= 11 is 0. The Morgan fingerprint density at radius 2 is 0.699 bits per heavy atom. The average molecular weight is 1320 g/mol. The van der Waals surface area contributed by atoms with Gasteiger partial charge in [-0.2, -0.15) is 0 Å². The number of amides is 3. The third kappa shape index (κ3) is 45.1. The minimum atomic E-state index is -1.30. The molecule has 23 heteroatoms. The molecule has 2 aromatic carbocycles. The van der Waals surface area contributed by atoms with E-state index in [1.54, 1.807) is 0 Å². The van der Waals surface area contributed by atoms with Crippen LogP contribution in [-0.2, 0) is 113 Å². The number of benzene rings is 2. The maximum absolute atomic E-state index is 14.3. The summed E-state index contributed by atoms with van der Waals surface area (Å²) in [6.45, 7) is 12.3. The number of carbonyl (C=O) groups excluding carboxylic acids is 6. The first-order chi connectivity index (χ1) is 45.7. The third-order valence-electron chi connectivity index (χ3n) is 15.0. The minimum Gasteiger partial charge on any atom is -0.461 e. The van der Waals surface area contributed by atoms with Crippen LogP contribution < -0.4 is 5.32 Å². The fourth-order valence-electron chi connectivity index (χ4n) is 9.70. The van der Waals surface area contributed by atoms with Gasteiger partial charge in [-0.3, -0.25) is 24.0 Å². The molecule has 1 aliphatic rings. The van der Waals surface area contributed by atoms with Crippen LogP contribution in [0.2, 0.25) is 0 Å². The van der Waals surface area contributed by atoms with Gasteiger partial charge in [0.15, 0.2) is 0 Å². The molecule has 23 nitrogen and oxygen atoms in total. The normalized spacial score (nSPS) is 13.0. The lowest BCUT2D eigenvalue weighted by Crippen LogP contribution is -2.48. The molecule has 1 atom stereocenters. The van der Waals surface area contributed by atoms with Crippen molar-refractivity contribution in [3.8, 4) is 0 Å². The number of ether oxygens (including phenoxy) is 14. The van der Waals surface area contributed by atoms with Crippen molar-refractivity contribution < 1.29 is 99.9 Å². The molecule has 0 spiro atoms. The number of unbranched alkanes of at least 4 members (excludes halogenated alkanes) is 15. The van der Waals surface area contributed by atoms with E-state index in [0.717, 1.165) is 88.2 Å². The number of hydrogen-bond acceptors (Lipinski definition) is 21. The van der Waals surface area contributed by atoms with Gasteiger partial charge in [-0.1, -0.05) is 170 Å². The van der Waals surface area contributed by atoms with Gasteiger partial charge in [0.2, 0.25) is 5.91 Å². The number of esters is 2. The molecular formula is C70H114N2O21. The highest BCUT2D eigenvalue weighted by Crippen LogP contribution is 2.35. The molecular weight excluding hydrogens is 1200 g/mol. The number of imide groups is 1. The fourth-order valence-corrected chi connectivity index (χ4v) is 9.70. The summed E-state index contributed by atoms with van der Waals surface area (Å²) in [5, 5.41) is 3.58. The van der Waals surface area contributed by atoms with E-state index >= 15 is 0 Å². The average Bonchev–Trinajstić information content (AvgIpc) is 1.41. The van der Waals surface area contributed by atoms with Crippen molar-refractivity contribution in [2.75, 3.05) is 165 Å². The molecule has 3 rings (SSSR count). The van der Waals surface area contributed by atoms with Gasteiger partial charge < -0.3 is 76.5 Å². The smallest absolute Gasteiger partial charge is 0.335 e. The lowest BCUT2D eigenvalue weighted by molar-refractivity contribution is -0.198. The van der Waals surface area contributed by atoms with E-state index in [4.69, 9.17) is 71.2 Å². The van der Waals surface area contributed by atoms with E-state index in [2.05, 4.69) is 12.2 Å². The van der Waals surface area contributed by atoms with Crippen LogP contribution in [0.15, 0.2) is 60.7 Å². The fraction of sp³-hybridized carbons (Fsp3) is 0.743. The Morgan fingerprint density at radius 3 is 1.08 bits per heavy atom. The molecule has 1 saturated heterocycles. The van der Waals surface area contributed by atoms with Crippen LogP contribution in [0.3, 0.4) is 0 Å². The molecule has 1 N–H and O–H groups in total. The summed E-state index contributed by atoms with van der Waals surface area (Å²) < 4.78 is 78.0. The molecule has 2 aromatic rings. The van der Waals surface area contributed by atoms with Crippen LogP contribution >= 0.6 is 0 Å². The van der Waals surface area contributed by atoms with E-state index in [1.807, 2.05) is 60.7 Å². The molecule has 1 aliphatic heterocycles. The maximum Gasteiger partial charge on any atom is 0.335 e. The van der Waals surface area contributed by atoms with E-state index < -0.39 is 29.2 Å². The molecule has 1 fully saturated rings. The quantitative estimate of drug-likeness (QED) is 0.0280. The van der Waals surface area contributed by atoms with Crippen LogP contribution in [-0.4, -0.2) is 206 Å². The zero-order valence-corrected chi connectivity index (χ0v) is 56.1. The van der Waals surface area contributed by atoms with Crippen LogP contribution in [0.4, 0.5) is 0 Å². The lowest BCUT2D eigenvalue weighted by Gasteiger charge is -2.31. The summed E-state index contributed by atoms with van der Waals surface area (Å²) in [7, 11) is 0. The predicted octanol–water partition coefficient (Wildman–Crippen LogP) is 9.59. The Bertz CT molecular complexity index is 2130. The molecule has 0 bridgehead atoms. The molecule has 0 unspecified atom stereocenters. The highest BCUT2D eigenvalue weighted by molar-refractivity contribution is 6.03. The minimum absolute atomic E-state index is 0.0492. The molecule has 93 heavy (non-hydrogen) atoms. The van der Waals surface area contributed by atoms with Gasteiger partial charge in [0.25, 0.3) is 11.8 Å². The highest BCUT2D eigenvalue weighted by Gasteiger charge is 2.46. The molecule has 0 aromatic heterocycles. The zero-order valence-electron chi connectivity index (χ0n) is 56.1. The summed E-state index contributed by atoms with van der Waals surface area (Å²) in [6.07, 6.45) is 19.1. The number of rotatable bonds is 67. The Kier molecular flexibility index (Phi) is 52.6. The van der Waals surface area contributed by atoms with Gasteiger partial charge in [0.05, 0.1) is 165 Å². The number of nitrogens with one attached hydrogen (secondary N) is 1. The molecule has 1 heterocycles. The number of carbonyl (C=O) groups is 6. The van der Waals surface area contributed by atoms with Crippen LogP contribution in [0.5, 0.6) is 0 Å². The Hall–Kier alpha value is -5.02. The van der Waals surface area contributed by atoms with Crippen molar-refractivity contribution in [3.05, 3.63) is 71.8 Å². The van der Waals surface area contributed by atoms with E-state index in [1.165, 1.54) is 32.1 Å². The third-order valence-corrected chi connectivity index (χ3v) is 15.0. The van der Waals surface area contributed by atoms with Gasteiger partial charge in [0.1, 0.15) is 18.6 Å². The standard InChI is InChI=1S/C70H114N2O21/c1-2-3-4-5-6-8-11-14-23-33-70(69(78)92-61-63-27-20-17-21-28-63,34-24-15-12-9-7-10-13-22-29-66(75)91-60-62-25-18-16-19-26-62)68(77)71-35-37-80-39-41-82-43-45-84-47-49-86-51-53-88-55-57-90-59-58-89-56-54-87-52-50-85-48-46-83-44-42-81-40-38-79-36-32-67(76)93-72-64(73)30-31-65(72)74/h16-21,25-28H,2-15,22-24,29-61H2,1H3,(H,71,77)/t70-/m0/s1. The van der Waals surface area contributed by atoms with Gasteiger partial charge in [0, 0.05) is 25.8 Å². The van der Waals surface area contributed by atoms with Gasteiger partial charge in [-0.15, -0.1) is 5.06 Å². The summed E-state index contributed by atoms with van der Waals surface area (Å²) in [4.78, 5) is 80.3. The van der Waals surface area contributed by atoms with Crippen LogP contribution in [0, 0.1) is 5.41 Å². The molecule has 0 radical (unpaired) electrons. The Morgan fingerprint density at radius 1 is 0.376 bits per heavy atom. The van der Waals surface area contributed by atoms with Gasteiger partial charge in [-0.25, -0.2) is 4.79 Å².